The first kappa shape index (κ1) is 21.3. The fraction of sp³-hybridized carbons (Fsp3) is 0.571. The molecule has 0 N–H and O–H groups in total. The number of morpholine rings is 1. The molecule has 2 aliphatic rings. The third-order valence-corrected chi connectivity index (χ3v) is 5.24. The summed E-state index contributed by atoms with van der Waals surface area (Å²) in [4.78, 5) is 43.2. The Labute approximate surface area is 171 Å². The maximum Gasteiger partial charge on any atom is 0.315 e. The average Bonchev–Trinajstić information content (AvgIpc) is 2.74. The van der Waals surface area contributed by atoms with Crippen LogP contribution in [0, 0.1) is 0 Å². The van der Waals surface area contributed by atoms with Gasteiger partial charge in [0.05, 0.1) is 19.8 Å². The van der Waals surface area contributed by atoms with Gasteiger partial charge in [-0.1, -0.05) is 30.3 Å². The standard InChI is InChI=1S/C21H29N3O5/c1-2-29-20(26)14-19(25)24-9-8-22(15-17-6-4-3-5-7-17)16-18(24)21(27)23-10-12-28-13-11-23/h3-7,18H,2,8-16H2,1H3. The zero-order valence-corrected chi connectivity index (χ0v) is 16.9. The average molecular weight is 403 g/mol. The van der Waals surface area contributed by atoms with Gasteiger partial charge in [-0.2, -0.15) is 0 Å². The lowest BCUT2D eigenvalue weighted by atomic mass is 10.1. The predicted molar refractivity (Wildman–Crippen MR) is 106 cm³/mol. The van der Waals surface area contributed by atoms with Crippen LogP contribution in [0.4, 0.5) is 0 Å². The first-order valence-corrected chi connectivity index (χ1v) is 10.2. The number of piperazine rings is 1. The van der Waals surface area contributed by atoms with Gasteiger partial charge in [-0.15, -0.1) is 0 Å². The first-order valence-electron chi connectivity index (χ1n) is 10.2. The molecule has 8 heteroatoms. The van der Waals surface area contributed by atoms with Crippen LogP contribution < -0.4 is 0 Å². The maximum atomic E-state index is 13.2. The molecule has 2 aliphatic heterocycles. The summed E-state index contributed by atoms with van der Waals surface area (Å²) in [5, 5.41) is 0. The van der Waals surface area contributed by atoms with Crippen molar-refractivity contribution in [3.8, 4) is 0 Å². The Bertz CT molecular complexity index is 706. The van der Waals surface area contributed by atoms with Crippen LogP contribution in [0.2, 0.25) is 0 Å². The van der Waals surface area contributed by atoms with Crippen LogP contribution in [0.3, 0.4) is 0 Å². The van der Waals surface area contributed by atoms with Gasteiger partial charge in [0.15, 0.2) is 0 Å². The molecule has 2 saturated heterocycles. The summed E-state index contributed by atoms with van der Waals surface area (Å²) in [5.74, 6) is -0.987. The van der Waals surface area contributed by atoms with E-state index >= 15 is 0 Å². The molecule has 2 amide bonds. The minimum atomic E-state index is -0.604. The molecule has 2 fully saturated rings. The third kappa shape index (κ3) is 5.77. The largest absolute Gasteiger partial charge is 0.466 e. The van der Waals surface area contributed by atoms with E-state index in [-0.39, 0.29) is 24.8 Å². The number of ether oxygens (including phenoxy) is 2. The summed E-state index contributed by atoms with van der Waals surface area (Å²) in [7, 11) is 0. The van der Waals surface area contributed by atoms with Crippen LogP contribution in [0.1, 0.15) is 18.9 Å². The van der Waals surface area contributed by atoms with Crippen LogP contribution in [0.25, 0.3) is 0 Å². The van der Waals surface area contributed by atoms with Crippen LogP contribution >= 0.6 is 0 Å². The highest BCUT2D eigenvalue weighted by Gasteiger charge is 2.38. The summed E-state index contributed by atoms with van der Waals surface area (Å²) < 4.78 is 10.3. The summed E-state index contributed by atoms with van der Waals surface area (Å²) in [5.41, 5.74) is 1.16. The number of nitrogens with zero attached hydrogens (tertiary/aromatic N) is 3. The van der Waals surface area contributed by atoms with E-state index < -0.39 is 12.0 Å². The molecule has 8 nitrogen and oxygen atoms in total. The number of esters is 1. The number of carbonyl (C=O) groups is 3. The van der Waals surface area contributed by atoms with Crippen molar-refractivity contribution in [2.24, 2.45) is 0 Å². The van der Waals surface area contributed by atoms with E-state index in [1.165, 1.54) is 0 Å². The minimum absolute atomic E-state index is 0.0803. The Kier molecular flexibility index (Phi) is 7.60. The summed E-state index contributed by atoms with van der Waals surface area (Å²) in [6, 6.07) is 9.46. The molecule has 0 aliphatic carbocycles. The number of carbonyl (C=O) groups excluding carboxylic acids is 3. The van der Waals surface area contributed by atoms with Gasteiger partial charge in [0.25, 0.3) is 0 Å². The second-order valence-electron chi connectivity index (χ2n) is 7.24. The van der Waals surface area contributed by atoms with Gasteiger partial charge in [0, 0.05) is 39.3 Å². The highest BCUT2D eigenvalue weighted by atomic mass is 16.5. The molecule has 0 spiro atoms. The van der Waals surface area contributed by atoms with Gasteiger partial charge in [-0.3, -0.25) is 19.3 Å². The van der Waals surface area contributed by atoms with Crippen LogP contribution in [0.15, 0.2) is 30.3 Å². The molecular weight excluding hydrogens is 374 g/mol. The van der Waals surface area contributed by atoms with Crippen molar-refractivity contribution in [3.05, 3.63) is 35.9 Å². The van der Waals surface area contributed by atoms with Gasteiger partial charge in [-0.05, 0) is 12.5 Å². The second-order valence-corrected chi connectivity index (χ2v) is 7.24. The normalized spacial score (nSPS) is 20.4. The highest BCUT2D eigenvalue weighted by Crippen LogP contribution is 2.17. The highest BCUT2D eigenvalue weighted by molar-refractivity contribution is 5.97. The fourth-order valence-corrected chi connectivity index (χ4v) is 3.77. The number of hydrogen-bond donors (Lipinski definition) is 0. The molecule has 29 heavy (non-hydrogen) atoms. The van der Waals surface area contributed by atoms with Crippen molar-refractivity contribution < 1.29 is 23.9 Å². The quantitative estimate of drug-likeness (QED) is 0.509. The molecule has 0 bridgehead atoms. The van der Waals surface area contributed by atoms with E-state index in [0.717, 1.165) is 5.56 Å². The lowest BCUT2D eigenvalue weighted by Crippen LogP contribution is -2.62. The smallest absolute Gasteiger partial charge is 0.315 e. The van der Waals surface area contributed by atoms with Crippen molar-refractivity contribution in [3.63, 3.8) is 0 Å². The number of benzene rings is 1. The van der Waals surface area contributed by atoms with Crippen LogP contribution in [0.5, 0.6) is 0 Å². The molecule has 1 aromatic rings. The van der Waals surface area contributed by atoms with E-state index in [0.29, 0.717) is 52.5 Å². The molecule has 1 unspecified atom stereocenters. The Morgan fingerprint density at radius 1 is 1.07 bits per heavy atom. The molecule has 1 aromatic carbocycles. The summed E-state index contributed by atoms with van der Waals surface area (Å²) in [6.45, 7) is 6.20. The van der Waals surface area contributed by atoms with Gasteiger partial charge < -0.3 is 19.3 Å². The second kappa shape index (κ2) is 10.4. The summed E-state index contributed by atoms with van der Waals surface area (Å²) >= 11 is 0. The maximum absolute atomic E-state index is 13.2. The Hall–Kier alpha value is -2.45. The van der Waals surface area contributed by atoms with E-state index in [4.69, 9.17) is 9.47 Å². The fourth-order valence-electron chi connectivity index (χ4n) is 3.77. The molecule has 3 rings (SSSR count). The Morgan fingerprint density at radius 3 is 2.48 bits per heavy atom. The lowest BCUT2D eigenvalue weighted by molar-refractivity contribution is -0.156. The zero-order valence-electron chi connectivity index (χ0n) is 16.9. The van der Waals surface area contributed by atoms with E-state index in [9.17, 15) is 14.4 Å². The van der Waals surface area contributed by atoms with E-state index in [1.54, 1.807) is 16.7 Å². The Balaban J connectivity index is 1.71. The van der Waals surface area contributed by atoms with Crippen molar-refractivity contribution in [1.29, 1.82) is 0 Å². The van der Waals surface area contributed by atoms with E-state index in [2.05, 4.69) is 17.0 Å². The lowest BCUT2D eigenvalue weighted by Gasteiger charge is -2.42. The first-order chi connectivity index (χ1) is 14.1. The molecule has 0 saturated carbocycles. The SMILES string of the molecule is CCOC(=O)CC(=O)N1CCN(Cc2ccccc2)CC1C(=O)N1CCOCC1. The van der Waals surface area contributed by atoms with Crippen molar-refractivity contribution in [2.45, 2.75) is 25.9 Å². The van der Waals surface area contributed by atoms with Gasteiger partial charge in [0.1, 0.15) is 12.5 Å². The summed E-state index contributed by atoms with van der Waals surface area (Å²) in [6.07, 6.45) is -0.334. The number of rotatable bonds is 6. The monoisotopic (exact) mass is 403 g/mol. The molecule has 0 radical (unpaired) electrons. The molecule has 158 valence electrons. The van der Waals surface area contributed by atoms with Crippen molar-refractivity contribution in [2.75, 3.05) is 52.5 Å². The third-order valence-electron chi connectivity index (χ3n) is 5.24. The molecule has 1 atom stereocenters. The van der Waals surface area contributed by atoms with E-state index in [1.807, 2.05) is 18.2 Å². The molecule has 2 heterocycles. The molecular formula is C21H29N3O5. The topological polar surface area (TPSA) is 79.4 Å². The zero-order chi connectivity index (χ0) is 20.6. The van der Waals surface area contributed by atoms with Gasteiger partial charge in [-0.25, -0.2) is 0 Å². The number of amides is 2. The van der Waals surface area contributed by atoms with Crippen LogP contribution in [-0.2, 0) is 30.4 Å². The molecule has 0 aromatic heterocycles. The van der Waals surface area contributed by atoms with Crippen molar-refractivity contribution >= 4 is 17.8 Å². The predicted octanol–water partition coefficient (Wildman–Crippen LogP) is 0.511. The minimum Gasteiger partial charge on any atom is -0.466 e. The number of hydrogen-bond acceptors (Lipinski definition) is 6. The van der Waals surface area contributed by atoms with Crippen molar-refractivity contribution in [1.82, 2.24) is 14.7 Å². The van der Waals surface area contributed by atoms with Gasteiger partial charge >= 0.3 is 5.97 Å². The van der Waals surface area contributed by atoms with Crippen LogP contribution in [-0.4, -0.2) is 91.1 Å². The van der Waals surface area contributed by atoms with Gasteiger partial charge in [0.2, 0.25) is 11.8 Å². The Morgan fingerprint density at radius 2 is 1.79 bits per heavy atom.